The minimum atomic E-state index is -0.115. The zero-order valence-electron chi connectivity index (χ0n) is 15.1. The van der Waals surface area contributed by atoms with E-state index in [4.69, 9.17) is 0 Å². The summed E-state index contributed by atoms with van der Waals surface area (Å²) in [5.74, 6) is -0.0438. The van der Waals surface area contributed by atoms with Crippen molar-refractivity contribution in [2.24, 2.45) is 5.92 Å². The van der Waals surface area contributed by atoms with Crippen molar-refractivity contribution in [3.8, 4) is 0 Å². The van der Waals surface area contributed by atoms with Crippen LogP contribution in [0.2, 0.25) is 0 Å². The summed E-state index contributed by atoms with van der Waals surface area (Å²) in [5.41, 5.74) is 1.95. The lowest BCUT2D eigenvalue weighted by molar-refractivity contribution is -0.132. The number of amides is 2. The predicted octanol–water partition coefficient (Wildman–Crippen LogP) is 4.08. The molecule has 2 amide bonds. The maximum atomic E-state index is 12.5. The summed E-state index contributed by atoms with van der Waals surface area (Å²) >= 11 is 1.86. The first-order valence-corrected chi connectivity index (χ1v) is 9.62. The SMILES string of the molecule is CC[C@@H](C)Sc1ccc(NC(=O)[C@@H]2CCCN(C(C)=O)C2)c(C)c1. The maximum absolute atomic E-state index is 12.5. The van der Waals surface area contributed by atoms with Crippen molar-refractivity contribution in [3.63, 3.8) is 0 Å². The molecule has 4 nitrogen and oxygen atoms in total. The summed E-state index contributed by atoms with van der Waals surface area (Å²) in [6, 6.07) is 6.20. The van der Waals surface area contributed by atoms with E-state index in [1.54, 1.807) is 11.8 Å². The monoisotopic (exact) mass is 348 g/mol. The van der Waals surface area contributed by atoms with Crippen molar-refractivity contribution in [3.05, 3.63) is 23.8 Å². The summed E-state index contributed by atoms with van der Waals surface area (Å²) in [6.45, 7) is 9.30. The van der Waals surface area contributed by atoms with Gasteiger partial charge in [-0.05, 0) is 49.9 Å². The number of thioether (sulfide) groups is 1. The summed E-state index contributed by atoms with van der Waals surface area (Å²) in [4.78, 5) is 27.1. The van der Waals surface area contributed by atoms with Crippen LogP contribution >= 0.6 is 11.8 Å². The van der Waals surface area contributed by atoms with Gasteiger partial charge in [-0.25, -0.2) is 0 Å². The van der Waals surface area contributed by atoms with E-state index in [0.29, 0.717) is 11.8 Å². The lowest BCUT2D eigenvalue weighted by Gasteiger charge is -2.31. The minimum Gasteiger partial charge on any atom is -0.342 e. The molecule has 1 saturated heterocycles. The molecule has 1 aliphatic heterocycles. The number of aryl methyl sites for hydroxylation is 1. The molecular weight excluding hydrogens is 320 g/mol. The molecular formula is C19H28N2O2S. The number of likely N-dealkylation sites (tertiary alicyclic amines) is 1. The highest BCUT2D eigenvalue weighted by atomic mass is 32.2. The van der Waals surface area contributed by atoms with Gasteiger partial charge in [0.2, 0.25) is 11.8 Å². The van der Waals surface area contributed by atoms with Gasteiger partial charge in [0.25, 0.3) is 0 Å². The van der Waals surface area contributed by atoms with Crippen LogP contribution in [0.15, 0.2) is 23.1 Å². The highest BCUT2D eigenvalue weighted by Gasteiger charge is 2.27. The normalized spacial score (nSPS) is 19.0. The van der Waals surface area contributed by atoms with E-state index in [-0.39, 0.29) is 17.7 Å². The second-order valence-electron chi connectivity index (χ2n) is 6.61. The molecule has 0 aliphatic carbocycles. The van der Waals surface area contributed by atoms with E-state index in [2.05, 4.69) is 31.3 Å². The number of carbonyl (C=O) groups is 2. The Hall–Kier alpha value is -1.49. The van der Waals surface area contributed by atoms with Gasteiger partial charge in [0.1, 0.15) is 0 Å². The quantitative estimate of drug-likeness (QED) is 0.816. The van der Waals surface area contributed by atoms with Gasteiger partial charge in [0, 0.05) is 35.8 Å². The molecule has 0 spiro atoms. The van der Waals surface area contributed by atoms with E-state index in [1.165, 1.54) is 4.90 Å². The number of hydrogen-bond acceptors (Lipinski definition) is 3. The van der Waals surface area contributed by atoms with Crippen molar-refractivity contribution in [1.82, 2.24) is 4.90 Å². The molecule has 132 valence electrons. The molecule has 0 unspecified atom stereocenters. The molecule has 2 rings (SSSR count). The number of nitrogens with one attached hydrogen (secondary N) is 1. The van der Waals surface area contributed by atoms with E-state index in [9.17, 15) is 9.59 Å². The Bertz CT molecular complexity index is 603. The van der Waals surface area contributed by atoms with Crippen molar-refractivity contribution in [2.75, 3.05) is 18.4 Å². The molecule has 1 fully saturated rings. The number of nitrogens with zero attached hydrogens (tertiary/aromatic N) is 1. The smallest absolute Gasteiger partial charge is 0.229 e. The van der Waals surface area contributed by atoms with Gasteiger partial charge in [0.05, 0.1) is 5.92 Å². The van der Waals surface area contributed by atoms with Crippen molar-refractivity contribution in [2.45, 2.75) is 57.1 Å². The van der Waals surface area contributed by atoms with Gasteiger partial charge in [0.15, 0.2) is 0 Å². The summed E-state index contributed by atoms with van der Waals surface area (Å²) < 4.78 is 0. The Morgan fingerprint density at radius 2 is 2.17 bits per heavy atom. The molecule has 0 aromatic heterocycles. The van der Waals surface area contributed by atoms with Crippen molar-refractivity contribution in [1.29, 1.82) is 0 Å². The van der Waals surface area contributed by atoms with Crippen LogP contribution in [0.3, 0.4) is 0 Å². The van der Waals surface area contributed by atoms with Crippen LogP contribution < -0.4 is 5.32 Å². The first kappa shape index (κ1) is 18.8. The van der Waals surface area contributed by atoms with Crippen LogP contribution in [0.1, 0.15) is 45.6 Å². The first-order chi connectivity index (χ1) is 11.4. The van der Waals surface area contributed by atoms with E-state index >= 15 is 0 Å². The van der Waals surface area contributed by atoms with Crippen molar-refractivity contribution >= 4 is 29.3 Å². The lowest BCUT2D eigenvalue weighted by Crippen LogP contribution is -2.42. The minimum absolute atomic E-state index is 0.0198. The molecule has 1 aromatic carbocycles. The maximum Gasteiger partial charge on any atom is 0.229 e. The highest BCUT2D eigenvalue weighted by Crippen LogP contribution is 2.29. The number of piperidine rings is 1. The predicted molar refractivity (Wildman–Crippen MR) is 100 cm³/mol. The van der Waals surface area contributed by atoms with Crippen LogP contribution in [0, 0.1) is 12.8 Å². The Kier molecular flexibility index (Phi) is 6.72. The van der Waals surface area contributed by atoms with Gasteiger partial charge >= 0.3 is 0 Å². The van der Waals surface area contributed by atoms with E-state index in [1.807, 2.05) is 24.8 Å². The molecule has 1 aromatic rings. The van der Waals surface area contributed by atoms with Crippen LogP contribution in [0.25, 0.3) is 0 Å². The third kappa shape index (κ3) is 5.00. The number of anilines is 1. The molecule has 2 atom stereocenters. The standard InChI is InChI=1S/C19H28N2O2S/c1-5-14(3)24-17-8-9-18(13(2)11-17)20-19(23)16-7-6-10-21(12-16)15(4)22/h8-9,11,14,16H,5-7,10,12H2,1-4H3,(H,20,23)/t14-,16-/m1/s1. The summed E-state index contributed by atoms with van der Waals surface area (Å²) in [7, 11) is 0. The van der Waals surface area contributed by atoms with E-state index < -0.39 is 0 Å². The Morgan fingerprint density at radius 3 is 2.79 bits per heavy atom. The second kappa shape index (κ2) is 8.56. The van der Waals surface area contributed by atoms with E-state index in [0.717, 1.165) is 37.1 Å². The fraction of sp³-hybridized carbons (Fsp3) is 0.579. The Balaban J connectivity index is 1.99. The number of hydrogen-bond donors (Lipinski definition) is 1. The molecule has 1 N–H and O–H groups in total. The molecule has 1 aliphatic rings. The fourth-order valence-corrected chi connectivity index (χ4v) is 3.90. The van der Waals surface area contributed by atoms with Gasteiger partial charge in [-0.15, -0.1) is 11.8 Å². The first-order valence-electron chi connectivity index (χ1n) is 8.74. The Morgan fingerprint density at radius 1 is 1.42 bits per heavy atom. The molecule has 24 heavy (non-hydrogen) atoms. The van der Waals surface area contributed by atoms with Crippen LogP contribution in [0.4, 0.5) is 5.69 Å². The molecule has 0 bridgehead atoms. The number of carbonyl (C=O) groups excluding carboxylic acids is 2. The van der Waals surface area contributed by atoms with Crippen molar-refractivity contribution < 1.29 is 9.59 Å². The topological polar surface area (TPSA) is 49.4 Å². The van der Waals surface area contributed by atoms with Gasteiger partial charge < -0.3 is 10.2 Å². The van der Waals surface area contributed by atoms with Crippen LogP contribution in [0.5, 0.6) is 0 Å². The molecule has 0 saturated carbocycles. The fourth-order valence-electron chi connectivity index (χ4n) is 2.88. The number of rotatable bonds is 5. The summed E-state index contributed by atoms with van der Waals surface area (Å²) in [6.07, 6.45) is 2.87. The second-order valence-corrected chi connectivity index (χ2v) is 8.12. The number of benzene rings is 1. The lowest BCUT2D eigenvalue weighted by atomic mass is 9.97. The molecule has 0 radical (unpaired) electrons. The third-order valence-electron chi connectivity index (χ3n) is 4.61. The van der Waals surface area contributed by atoms with Crippen LogP contribution in [-0.2, 0) is 9.59 Å². The van der Waals surface area contributed by atoms with Crippen LogP contribution in [-0.4, -0.2) is 35.1 Å². The van der Waals surface area contributed by atoms with Gasteiger partial charge in [-0.3, -0.25) is 9.59 Å². The molecule has 1 heterocycles. The summed E-state index contributed by atoms with van der Waals surface area (Å²) in [5, 5.41) is 3.64. The highest BCUT2D eigenvalue weighted by molar-refractivity contribution is 7.99. The van der Waals surface area contributed by atoms with Gasteiger partial charge in [-0.1, -0.05) is 13.8 Å². The zero-order valence-corrected chi connectivity index (χ0v) is 15.9. The zero-order chi connectivity index (χ0) is 17.7. The average Bonchev–Trinajstić information content (AvgIpc) is 2.57. The van der Waals surface area contributed by atoms with Gasteiger partial charge in [-0.2, -0.15) is 0 Å². The molecule has 5 heteroatoms. The Labute approximate surface area is 149 Å². The third-order valence-corrected chi connectivity index (χ3v) is 5.87. The largest absolute Gasteiger partial charge is 0.342 e. The average molecular weight is 349 g/mol.